The molecular formula is C26H27ClN2O5S. The van der Waals surface area contributed by atoms with Crippen LogP contribution in [-0.2, 0) is 14.8 Å². The molecule has 1 aliphatic heterocycles. The fourth-order valence-corrected chi connectivity index (χ4v) is 5.76. The van der Waals surface area contributed by atoms with E-state index in [-0.39, 0.29) is 22.4 Å². The molecule has 184 valence electrons. The molecule has 1 fully saturated rings. The zero-order valence-electron chi connectivity index (χ0n) is 19.3. The number of benzene rings is 3. The monoisotopic (exact) mass is 514 g/mol. The highest BCUT2D eigenvalue weighted by Gasteiger charge is 2.33. The van der Waals surface area contributed by atoms with E-state index in [4.69, 9.17) is 21.1 Å². The van der Waals surface area contributed by atoms with Gasteiger partial charge < -0.3 is 14.8 Å². The number of carbonyl (C=O) groups excluding carboxylic acids is 1. The van der Waals surface area contributed by atoms with Crippen molar-refractivity contribution < 1.29 is 22.7 Å². The number of rotatable bonds is 8. The molecule has 0 unspecified atom stereocenters. The SMILES string of the molecule is CCOc1ccc(S(=O)(=O)N2CCC[C@@H](C(=O)Nc3ccc(Oc4ccccc4)cc3)C2)cc1Cl. The van der Waals surface area contributed by atoms with Crippen molar-refractivity contribution in [3.05, 3.63) is 77.8 Å². The van der Waals surface area contributed by atoms with Crippen LogP contribution in [0.5, 0.6) is 17.2 Å². The van der Waals surface area contributed by atoms with Crippen LogP contribution in [0.15, 0.2) is 77.7 Å². The lowest BCUT2D eigenvalue weighted by Crippen LogP contribution is -2.43. The molecule has 0 spiro atoms. The Morgan fingerprint density at radius 3 is 2.46 bits per heavy atom. The Balaban J connectivity index is 1.39. The molecule has 35 heavy (non-hydrogen) atoms. The summed E-state index contributed by atoms with van der Waals surface area (Å²) in [5.41, 5.74) is 0.619. The van der Waals surface area contributed by atoms with E-state index in [0.29, 0.717) is 43.2 Å². The third kappa shape index (κ3) is 6.14. The van der Waals surface area contributed by atoms with E-state index >= 15 is 0 Å². The van der Waals surface area contributed by atoms with Gasteiger partial charge >= 0.3 is 0 Å². The number of hydrogen-bond acceptors (Lipinski definition) is 5. The second-order valence-corrected chi connectivity index (χ2v) is 10.5. The lowest BCUT2D eigenvalue weighted by molar-refractivity contribution is -0.120. The smallest absolute Gasteiger partial charge is 0.243 e. The van der Waals surface area contributed by atoms with E-state index in [0.717, 1.165) is 5.75 Å². The Bertz CT molecular complexity index is 1270. The summed E-state index contributed by atoms with van der Waals surface area (Å²) in [5.74, 6) is 1.13. The molecule has 3 aromatic rings. The highest BCUT2D eigenvalue weighted by molar-refractivity contribution is 7.89. The third-order valence-corrected chi connectivity index (χ3v) is 7.85. The van der Waals surface area contributed by atoms with Crippen LogP contribution in [0.3, 0.4) is 0 Å². The molecule has 0 radical (unpaired) electrons. The topological polar surface area (TPSA) is 84.9 Å². The average Bonchev–Trinajstić information content (AvgIpc) is 2.87. The van der Waals surface area contributed by atoms with Gasteiger partial charge in [-0.15, -0.1) is 0 Å². The predicted octanol–water partition coefficient (Wildman–Crippen LogP) is 5.57. The van der Waals surface area contributed by atoms with Gasteiger partial charge in [-0.2, -0.15) is 4.31 Å². The number of ether oxygens (including phenoxy) is 2. The van der Waals surface area contributed by atoms with E-state index in [2.05, 4.69) is 5.32 Å². The first-order valence-electron chi connectivity index (χ1n) is 11.4. The van der Waals surface area contributed by atoms with Crippen LogP contribution in [0, 0.1) is 5.92 Å². The lowest BCUT2D eigenvalue weighted by atomic mass is 9.99. The maximum atomic E-state index is 13.2. The molecule has 1 amide bonds. The lowest BCUT2D eigenvalue weighted by Gasteiger charge is -2.31. The minimum atomic E-state index is -3.79. The quantitative estimate of drug-likeness (QED) is 0.424. The van der Waals surface area contributed by atoms with Crippen LogP contribution in [0.25, 0.3) is 0 Å². The Morgan fingerprint density at radius 2 is 1.77 bits per heavy atom. The first kappa shape index (κ1) is 25.0. The zero-order valence-corrected chi connectivity index (χ0v) is 20.9. The zero-order chi connectivity index (χ0) is 24.8. The highest BCUT2D eigenvalue weighted by atomic mass is 35.5. The fourth-order valence-electron chi connectivity index (χ4n) is 3.91. The Labute approximate surface area is 210 Å². The third-order valence-electron chi connectivity index (χ3n) is 5.70. The molecule has 1 saturated heterocycles. The first-order valence-corrected chi connectivity index (χ1v) is 13.2. The van der Waals surface area contributed by atoms with Gasteiger partial charge in [-0.05, 0) is 74.4 Å². The van der Waals surface area contributed by atoms with Crippen molar-refractivity contribution in [2.45, 2.75) is 24.7 Å². The van der Waals surface area contributed by atoms with Gasteiger partial charge in [0, 0.05) is 18.8 Å². The summed E-state index contributed by atoms with van der Waals surface area (Å²) in [4.78, 5) is 13.0. The normalized spacial score (nSPS) is 16.5. The van der Waals surface area contributed by atoms with E-state index in [1.54, 1.807) is 30.3 Å². The number of nitrogens with zero attached hydrogens (tertiary/aromatic N) is 1. The van der Waals surface area contributed by atoms with Crippen LogP contribution >= 0.6 is 11.6 Å². The van der Waals surface area contributed by atoms with Crippen molar-refractivity contribution in [3.63, 3.8) is 0 Å². The number of sulfonamides is 1. The van der Waals surface area contributed by atoms with Crippen molar-refractivity contribution in [3.8, 4) is 17.2 Å². The van der Waals surface area contributed by atoms with Gasteiger partial charge in [0.05, 0.1) is 22.4 Å². The minimum absolute atomic E-state index is 0.0843. The van der Waals surface area contributed by atoms with Crippen molar-refractivity contribution in [1.82, 2.24) is 4.31 Å². The van der Waals surface area contributed by atoms with Gasteiger partial charge in [0.1, 0.15) is 17.2 Å². The van der Waals surface area contributed by atoms with Gasteiger partial charge in [-0.1, -0.05) is 29.8 Å². The van der Waals surface area contributed by atoms with Crippen molar-refractivity contribution in [2.75, 3.05) is 25.0 Å². The summed E-state index contributed by atoms with van der Waals surface area (Å²) in [6.45, 7) is 2.71. The van der Waals surface area contributed by atoms with Crippen molar-refractivity contribution in [1.29, 1.82) is 0 Å². The van der Waals surface area contributed by atoms with Crippen LogP contribution in [-0.4, -0.2) is 38.3 Å². The molecular weight excluding hydrogens is 488 g/mol. The Kier molecular flexibility index (Phi) is 7.95. The van der Waals surface area contributed by atoms with Crippen LogP contribution < -0.4 is 14.8 Å². The number of nitrogens with one attached hydrogen (secondary N) is 1. The molecule has 1 heterocycles. The fraction of sp³-hybridized carbons (Fsp3) is 0.269. The minimum Gasteiger partial charge on any atom is -0.492 e. The standard InChI is InChI=1S/C26H27ClN2O5S/c1-2-33-25-15-14-23(17-24(25)27)35(31,32)29-16-6-7-19(18-29)26(30)28-20-10-12-22(13-11-20)34-21-8-4-3-5-9-21/h3-5,8-15,17,19H,2,6-7,16,18H2,1H3,(H,28,30)/t19-/m1/s1. The van der Waals surface area contributed by atoms with E-state index in [9.17, 15) is 13.2 Å². The van der Waals surface area contributed by atoms with Crippen LogP contribution in [0.4, 0.5) is 5.69 Å². The van der Waals surface area contributed by atoms with E-state index < -0.39 is 15.9 Å². The maximum Gasteiger partial charge on any atom is 0.243 e. The molecule has 0 aliphatic carbocycles. The summed E-state index contributed by atoms with van der Waals surface area (Å²) in [6, 6.07) is 20.9. The number of para-hydroxylation sites is 1. The van der Waals surface area contributed by atoms with E-state index in [1.807, 2.05) is 37.3 Å². The van der Waals surface area contributed by atoms with Gasteiger partial charge in [-0.3, -0.25) is 4.79 Å². The number of amides is 1. The summed E-state index contributed by atoms with van der Waals surface area (Å²) >= 11 is 6.20. The molecule has 0 saturated carbocycles. The summed E-state index contributed by atoms with van der Waals surface area (Å²) in [6.07, 6.45) is 1.20. The molecule has 0 aromatic heterocycles. The number of anilines is 1. The molecule has 4 rings (SSSR count). The highest BCUT2D eigenvalue weighted by Crippen LogP contribution is 2.31. The molecule has 7 nitrogen and oxygen atoms in total. The summed E-state index contributed by atoms with van der Waals surface area (Å²) in [7, 11) is -3.79. The van der Waals surface area contributed by atoms with Gasteiger partial charge in [-0.25, -0.2) is 8.42 Å². The van der Waals surface area contributed by atoms with E-state index in [1.165, 1.54) is 16.4 Å². The number of piperidine rings is 1. The molecule has 1 N–H and O–H groups in total. The van der Waals surface area contributed by atoms with Crippen LogP contribution in [0.1, 0.15) is 19.8 Å². The average molecular weight is 515 g/mol. The summed E-state index contributed by atoms with van der Waals surface area (Å²) in [5, 5.41) is 3.13. The maximum absolute atomic E-state index is 13.2. The predicted molar refractivity (Wildman–Crippen MR) is 136 cm³/mol. The second-order valence-electron chi connectivity index (χ2n) is 8.16. The number of carbonyl (C=O) groups is 1. The number of halogens is 1. The first-order chi connectivity index (χ1) is 16.9. The Hall–Kier alpha value is -3.07. The van der Waals surface area contributed by atoms with Gasteiger partial charge in [0.2, 0.25) is 15.9 Å². The molecule has 1 atom stereocenters. The van der Waals surface area contributed by atoms with Gasteiger partial charge in [0.25, 0.3) is 0 Å². The Morgan fingerprint density at radius 1 is 1.06 bits per heavy atom. The van der Waals surface area contributed by atoms with Crippen molar-refractivity contribution >= 4 is 33.2 Å². The molecule has 0 bridgehead atoms. The second kappa shape index (κ2) is 11.1. The van der Waals surface area contributed by atoms with Gasteiger partial charge in [0.15, 0.2) is 0 Å². The molecule has 9 heteroatoms. The summed E-state index contributed by atoms with van der Waals surface area (Å²) < 4.78 is 38.9. The van der Waals surface area contributed by atoms with Crippen LogP contribution in [0.2, 0.25) is 5.02 Å². The molecule has 3 aromatic carbocycles. The molecule has 1 aliphatic rings. The largest absolute Gasteiger partial charge is 0.492 e. The van der Waals surface area contributed by atoms with Crippen molar-refractivity contribution in [2.24, 2.45) is 5.92 Å². The number of hydrogen-bond donors (Lipinski definition) is 1.